The highest BCUT2D eigenvalue weighted by atomic mass is 79.9. The first-order chi connectivity index (χ1) is 9.06. The van der Waals surface area contributed by atoms with E-state index in [2.05, 4.69) is 44.1 Å². The number of rotatable bonds is 4. The molecular weight excluding hydrogens is 370 g/mol. The molecule has 0 aliphatic heterocycles. The van der Waals surface area contributed by atoms with Gasteiger partial charge in [0.05, 0.1) is 8.95 Å². The number of phenols is 1. The van der Waals surface area contributed by atoms with Crippen molar-refractivity contribution >= 4 is 31.9 Å². The van der Waals surface area contributed by atoms with Crippen LogP contribution in [0.25, 0.3) is 0 Å². The van der Waals surface area contributed by atoms with Crippen LogP contribution in [0.4, 0.5) is 0 Å². The van der Waals surface area contributed by atoms with Crippen LogP contribution in [-0.2, 0) is 6.54 Å². The van der Waals surface area contributed by atoms with Crippen LogP contribution in [0.3, 0.4) is 0 Å². The third-order valence-electron chi connectivity index (χ3n) is 3.88. The summed E-state index contributed by atoms with van der Waals surface area (Å²) in [4.78, 5) is 0. The average molecular weight is 391 g/mol. The number of hydrogen-bond acceptors (Lipinski definition) is 2. The van der Waals surface area contributed by atoms with Gasteiger partial charge in [0, 0.05) is 6.54 Å². The summed E-state index contributed by atoms with van der Waals surface area (Å²) in [7, 11) is 0. The largest absolute Gasteiger partial charge is 0.506 e. The molecule has 2 nitrogen and oxygen atoms in total. The topological polar surface area (TPSA) is 32.3 Å². The van der Waals surface area contributed by atoms with Crippen molar-refractivity contribution in [2.75, 3.05) is 6.54 Å². The molecule has 0 spiro atoms. The first-order valence-electron chi connectivity index (χ1n) is 6.94. The van der Waals surface area contributed by atoms with Crippen LogP contribution in [0.5, 0.6) is 5.75 Å². The molecule has 2 atom stereocenters. The molecule has 0 radical (unpaired) electrons. The van der Waals surface area contributed by atoms with E-state index in [1.54, 1.807) is 0 Å². The highest BCUT2D eigenvalue weighted by Crippen LogP contribution is 2.33. The van der Waals surface area contributed by atoms with E-state index in [9.17, 15) is 5.11 Å². The second kappa shape index (κ2) is 7.09. The van der Waals surface area contributed by atoms with Crippen LogP contribution < -0.4 is 5.32 Å². The lowest BCUT2D eigenvalue weighted by molar-refractivity contribution is 0.274. The summed E-state index contributed by atoms with van der Waals surface area (Å²) in [6.07, 6.45) is 5.49. The van der Waals surface area contributed by atoms with Gasteiger partial charge in [-0.3, -0.25) is 0 Å². The Hall–Kier alpha value is -0.0600. The van der Waals surface area contributed by atoms with E-state index in [1.807, 2.05) is 12.1 Å². The van der Waals surface area contributed by atoms with E-state index in [4.69, 9.17) is 0 Å². The lowest BCUT2D eigenvalue weighted by Gasteiger charge is -2.26. The maximum absolute atomic E-state index is 9.68. The van der Waals surface area contributed by atoms with Crippen LogP contribution in [0, 0.1) is 11.8 Å². The van der Waals surface area contributed by atoms with Gasteiger partial charge < -0.3 is 10.4 Å². The van der Waals surface area contributed by atoms with E-state index < -0.39 is 0 Å². The van der Waals surface area contributed by atoms with Gasteiger partial charge in [-0.1, -0.05) is 19.8 Å². The van der Waals surface area contributed by atoms with Crippen molar-refractivity contribution in [3.05, 3.63) is 26.6 Å². The van der Waals surface area contributed by atoms with Crippen LogP contribution in [0.15, 0.2) is 21.1 Å². The Morgan fingerprint density at radius 1 is 1.26 bits per heavy atom. The Morgan fingerprint density at radius 2 is 1.95 bits per heavy atom. The third-order valence-corrected chi connectivity index (χ3v) is 5.09. The predicted molar refractivity (Wildman–Crippen MR) is 86.3 cm³/mol. The molecule has 2 N–H and O–H groups in total. The summed E-state index contributed by atoms with van der Waals surface area (Å²) >= 11 is 6.73. The highest BCUT2D eigenvalue weighted by molar-refractivity contribution is 9.11. The smallest absolute Gasteiger partial charge is 0.143 e. The number of benzene rings is 1. The van der Waals surface area contributed by atoms with Crippen LogP contribution in [0.1, 0.15) is 38.2 Å². The summed E-state index contributed by atoms with van der Waals surface area (Å²) < 4.78 is 1.48. The molecule has 1 fully saturated rings. The number of halogens is 2. The summed E-state index contributed by atoms with van der Waals surface area (Å²) in [5.74, 6) is 1.98. The lowest BCUT2D eigenvalue weighted by Crippen LogP contribution is -2.26. The Bertz CT molecular complexity index is 413. The quantitative estimate of drug-likeness (QED) is 0.771. The maximum Gasteiger partial charge on any atom is 0.143 e. The van der Waals surface area contributed by atoms with Crippen molar-refractivity contribution in [3.63, 3.8) is 0 Å². The summed E-state index contributed by atoms with van der Waals surface area (Å²) in [5.41, 5.74) is 1.18. The first-order valence-corrected chi connectivity index (χ1v) is 8.52. The Morgan fingerprint density at radius 3 is 2.58 bits per heavy atom. The van der Waals surface area contributed by atoms with Crippen molar-refractivity contribution in [1.82, 2.24) is 5.32 Å². The van der Waals surface area contributed by atoms with Gasteiger partial charge in [-0.2, -0.15) is 0 Å². The highest BCUT2D eigenvalue weighted by Gasteiger charge is 2.18. The standard InChI is InChI=1S/C15H21Br2NO/c1-10-3-2-4-11(5-10)8-18-9-12-6-13(16)15(19)14(17)7-12/h6-7,10-11,18-19H,2-5,8-9H2,1H3. The Labute approximate surface area is 132 Å². The molecule has 1 aliphatic carbocycles. The lowest BCUT2D eigenvalue weighted by atomic mass is 9.82. The summed E-state index contributed by atoms with van der Waals surface area (Å²) in [6, 6.07) is 3.94. The zero-order valence-corrected chi connectivity index (χ0v) is 14.4. The van der Waals surface area contributed by atoms with Crippen LogP contribution in [0.2, 0.25) is 0 Å². The van der Waals surface area contributed by atoms with Crippen LogP contribution >= 0.6 is 31.9 Å². The van der Waals surface area contributed by atoms with Crippen LogP contribution in [-0.4, -0.2) is 11.7 Å². The summed E-state index contributed by atoms with van der Waals surface area (Å²) in [6.45, 7) is 4.31. The number of aromatic hydroxyl groups is 1. The van der Waals surface area contributed by atoms with Crippen molar-refractivity contribution < 1.29 is 5.11 Å². The molecule has 1 aliphatic rings. The minimum Gasteiger partial charge on any atom is -0.506 e. The fourth-order valence-corrected chi connectivity index (χ4v) is 4.17. The molecule has 0 bridgehead atoms. The zero-order chi connectivity index (χ0) is 13.8. The maximum atomic E-state index is 9.68. The van der Waals surface area contributed by atoms with Gasteiger partial charge in [-0.05, 0) is 80.8 Å². The van der Waals surface area contributed by atoms with E-state index in [0.717, 1.165) is 33.9 Å². The molecule has 106 valence electrons. The fraction of sp³-hybridized carbons (Fsp3) is 0.600. The minimum absolute atomic E-state index is 0.268. The number of hydrogen-bond donors (Lipinski definition) is 2. The molecule has 1 aromatic rings. The van der Waals surface area contributed by atoms with Gasteiger partial charge in [0.15, 0.2) is 0 Å². The molecule has 2 rings (SSSR count). The average Bonchev–Trinajstić information content (AvgIpc) is 2.36. The first kappa shape index (κ1) is 15.3. The molecule has 19 heavy (non-hydrogen) atoms. The molecule has 0 saturated heterocycles. The molecular formula is C15H21Br2NO. The van der Waals surface area contributed by atoms with Crippen molar-refractivity contribution in [1.29, 1.82) is 0 Å². The van der Waals surface area contributed by atoms with E-state index >= 15 is 0 Å². The van der Waals surface area contributed by atoms with Gasteiger partial charge in [-0.25, -0.2) is 0 Å². The molecule has 4 heteroatoms. The Balaban J connectivity index is 1.82. The number of nitrogens with one attached hydrogen (secondary N) is 1. The van der Waals surface area contributed by atoms with Gasteiger partial charge in [-0.15, -0.1) is 0 Å². The van der Waals surface area contributed by atoms with Gasteiger partial charge in [0.2, 0.25) is 0 Å². The molecule has 0 amide bonds. The van der Waals surface area contributed by atoms with Gasteiger partial charge in [0.1, 0.15) is 5.75 Å². The predicted octanol–water partition coefficient (Wildman–Crippen LogP) is 4.83. The normalized spacial score (nSPS) is 23.5. The molecule has 1 saturated carbocycles. The number of phenolic OH excluding ortho intramolecular Hbond substituents is 1. The Kier molecular flexibility index (Phi) is 5.72. The van der Waals surface area contributed by atoms with Crippen molar-refractivity contribution in [3.8, 4) is 5.75 Å². The molecule has 0 heterocycles. The van der Waals surface area contributed by atoms with E-state index in [-0.39, 0.29) is 5.75 Å². The zero-order valence-electron chi connectivity index (χ0n) is 11.3. The van der Waals surface area contributed by atoms with Crippen molar-refractivity contribution in [2.45, 2.75) is 39.2 Å². The molecule has 1 aromatic carbocycles. The fourth-order valence-electron chi connectivity index (χ4n) is 2.89. The molecule has 2 unspecified atom stereocenters. The van der Waals surface area contributed by atoms with E-state index in [0.29, 0.717) is 0 Å². The summed E-state index contributed by atoms with van der Waals surface area (Å²) in [5, 5.41) is 13.2. The second-order valence-electron chi connectivity index (χ2n) is 5.68. The SMILES string of the molecule is CC1CCCC(CNCc2cc(Br)c(O)c(Br)c2)C1. The monoisotopic (exact) mass is 389 g/mol. The minimum atomic E-state index is 0.268. The van der Waals surface area contributed by atoms with E-state index in [1.165, 1.54) is 31.2 Å². The third kappa shape index (κ3) is 4.47. The van der Waals surface area contributed by atoms with Crippen molar-refractivity contribution in [2.24, 2.45) is 11.8 Å². The van der Waals surface area contributed by atoms with Gasteiger partial charge >= 0.3 is 0 Å². The second-order valence-corrected chi connectivity index (χ2v) is 7.39. The molecule has 0 aromatic heterocycles. The van der Waals surface area contributed by atoms with Gasteiger partial charge in [0.25, 0.3) is 0 Å².